The summed E-state index contributed by atoms with van der Waals surface area (Å²) in [6, 6.07) is -1.21. The molecule has 0 aliphatic carbocycles. The van der Waals surface area contributed by atoms with Crippen LogP contribution in [-0.4, -0.2) is 143 Å². The molecule has 6 atom stereocenters. The van der Waals surface area contributed by atoms with E-state index in [0.29, 0.717) is 38.9 Å². The van der Waals surface area contributed by atoms with E-state index in [1.165, 1.54) is 14.2 Å². The molecule has 0 aromatic carbocycles. The summed E-state index contributed by atoms with van der Waals surface area (Å²) in [5.41, 5.74) is 0. The van der Waals surface area contributed by atoms with E-state index in [1.807, 2.05) is 0 Å². The summed E-state index contributed by atoms with van der Waals surface area (Å²) < 4.78 is 117. The molecule has 0 amide bonds. The van der Waals surface area contributed by atoms with Crippen molar-refractivity contribution in [3.63, 3.8) is 0 Å². The number of hydrogen-bond acceptors (Lipinski definition) is 15. The first-order valence-electron chi connectivity index (χ1n) is 13.7. The molecule has 0 saturated carbocycles. The van der Waals surface area contributed by atoms with Crippen LogP contribution in [0.1, 0.15) is 19.3 Å². The van der Waals surface area contributed by atoms with Crippen molar-refractivity contribution in [2.45, 2.75) is 55.9 Å². The average molecular weight is 766 g/mol. The number of carboxylic acids is 2. The Hall–Kier alpha value is -2.34. The second-order valence-electron chi connectivity index (χ2n) is 10.2. The minimum absolute atomic E-state index is 0. The van der Waals surface area contributed by atoms with Gasteiger partial charge in [-0.1, -0.05) is 3.89 Å². The number of aliphatic hydroxyl groups excluding tert-OH is 1. The van der Waals surface area contributed by atoms with Crippen LogP contribution in [0.25, 0.3) is 0 Å². The van der Waals surface area contributed by atoms with E-state index < -0.39 is 46.7 Å². The van der Waals surface area contributed by atoms with Gasteiger partial charge in [-0.25, -0.2) is 4.79 Å². The smallest absolute Gasteiger partial charge is 0.870 e. The number of rotatable bonds is 12. The molecule has 0 bridgehead atoms. The van der Waals surface area contributed by atoms with Crippen molar-refractivity contribution in [2.75, 3.05) is 53.7 Å². The van der Waals surface area contributed by atoms with E-state index in [1.54, 1.807) is 0 Å². The molecule has 0 spiro atoms. The predicted molar refractivity (Wildman–Crippen MR) is 147 cm³/mol. The first-order valence-corrected chi connectivity index (χ1v) is 15.1. The first kappa shape index (κ1) is 52.0. The predicted octanol–water partition coefficient (Wildman–Crippen LogP) is -3.41. The molecule has 26 heteroatoms. The van der Waals surface area contributed by atoms with Crippen molar-refractivity contribution in [2.24, 2.45) is 17.8 Å². The van der Waals surface area contributed by atoms with Crippen LogP contribution in [0.2, 0.25) is 0 Å². The molecule has 3 rings (SSSR count). The van der Waals surface area contributed by atoms with Gasteiger partial charge in [-0.15, -0.1) is 0 Å². The number of aliphatic carboxylic acids is 2. The standard InChI is InChI=1S/C8H13F2NO3.C7H11F2NO3.C7H13NO3.C2HF3O4S.Li.H2O/c1-13-7(12)6-2-5(3-11-6)4-14-8(9)10;8-7(9)13-3-4-1-5(6(11)12)10-2-4;1-11-7(10)6-2-5(4-9)3-8-6;3-2(4,1(6)7)10(5,8)9;;/h5-6,8,11H,2-4H2,1H3;4-5,7,10H,1-3H2,(H,11,12);5-6,8-9H,2-4H2,1H3;(H,6,7);;1H2/q;;;;+1;/p-1/t5-,6-;4-,5-;5-,6-;;;/m000.../s1. The van der Waals surface area contributed by atoms with Gasteiger partial charge in [0.15, 0.2) is 0 Å². The summed E-state index contributed by atoms with van der Waals surface area (Å²) in [5, 5.41) is 27.9. The van der Waals surface area contributed by atoms with Crippen molar-refractivity contribution in [3.8, 4) is 0 Å². The number of aliphatic hydroxyl groups is 1. The molecular weight excluding hydrogens is 726 g/mol. The van der Waals surface area contributed by atoms with Crippen molar-refractivity contribution < 1.29 is 116 Å². The third-order valence-corrected chi connectivity index (χ3v) is 7.45. The summed E-state index contributed by atoms with van der Waals surface area (Å²) in [6.45, 7) is -3.87. The molecule has 0 unspecified atom stereocenters. The fraction of sp³-hybridized carbons (Fsp3) is 0.833. The Morgan fingerprint density at radius 1 is 0.760 bits per heavy atom. The molecule has 7 N–H and O–H groups in total. The van der Waals surface area contributed by atoms with E-state index in [4.69, 9.17) is 15.3 Å². The number of esters is 2. The van der Waals surface area contributed by atoms with Crippen LogP contribution in [0, 0.1) is 17.8 Å². The quantitative estimate of drug-likeness (QED) is 0.0489. The van der Waals surface area contributed by atoms with Crippen molar-refractivity contribution in [1.29, 1.82) is 0 Å². The van der Waals surface area contributed by atoms with E-state index in [9.17, 15) is 57.8 Å². The van der Waals surface area contributed by atoms with Gasteiger partial charge in [-0.3, -0.25) is 14.4 Å². The molecule has 3 heterocycles. The summed E-state index contributed by atoms with van der Waals surface area (Å²) >= 11 is 0. The maximum Gasteiger partial charge on any atom is 1.00 e. The second kappa shape index (κ2) is 25.6. The molecule has 290 valence electrons. The fourth-order valence-corrected chi connectivity index (χ4v) is 4.38. The van der Waals surface area contributed by atoms with E-state index in [2.05, 4.69) is 34.9 Å². The second-order valence-corrected chi connectivity index (χ2v) is 11.6. The molecule has 17 nitrogen and oxygen atoms in total. The summed E-state index contributed by atoms with van der Waals surface area (Å²) in [4.78, 5) is 41.7. The molecule has 0 aromatic heterocycles. The summed E-state index contributed by atoms with van der Waals surface area (Å²) in [5.74, 6) is -4.54. The number of ether oxygens (including phenoxy) is 4. The number of alkyl halides is 6. The zero-order chi connectivity index (χ0) is 37.2. The monoisotopic (exact) mass is 765 g/mol. The van der Waals surface area contributed by atoms with Crippen molar-refractivity contribution in [1.82, 2.24) is 16.0 Å². The van der Waals surface area contributed by atoms with E-state index in [-0.39, 0.29) is 85.9 Å². The van der Waals surface area contributed by atoms with Crippen LogP contribution in [-0.2, 0) is 48.3 Å². The van der Waals surface area contributed by atoms with Gasteiger partial charge < -0.3 is 55.7 Å². The number of nitrogens with one attached hydrogen (secondary N) is 3. The Morgan fingerprint density at radius 2 is 1.10 bits per heavy atom. The third kappa shape index (κ3) is 19.9. The third-order valence-electron chi connectivity index (χ3n) is 6.66. The largest absolute Gasteiger partial charge is 1.00 e. The Morgan fingerprint density at radius 3 is 1.34 bits per heavy atom. The Bertz CT molecular complexity index is 1130. The van der Waals surface area contributed by atoms with Gasteiger partial charge in [0, 0.05) is 26.2 Å². The molecule has 3 aliphatic rings. The van der Waals surface area contributed by atoms with Gasteiger partial charge in [0.25, 0.3) is 0 Å². The minimum Gasteiger partial charge on any atom is -0.870 e. The van der Waals surface area contributed by atoms with Gasteiger partial charge in [0.2, 0.25) is 0 Å². The van der Waals surface area contributed by atoms with Crippen LogP contribution < -0.4 is 34.8 Å². The number of carboxylic acid groups (broad SMARTS) is 2. The molecule has 50 heavy (non-hydrogen) atoms. The maximum absolute atomic E-state index is 11.7. The van der Waals surface area contributed by atoms with Gasteiger partial charge >= 0.3 is 71.4 Å². The molecule has 0 aromatic rings. The minimum atomic E-state index is -6.33. The number of carbonyl (C=O) groups is 4. The zero-order valence-electron chi connectivity index (χ0n) is 26.9. The number of methoxy groups -OCH3 is 2. The Labute approximate surface area is 293 Å². The topological polar surface area (TPSA) is 266 Å². The molecule has 3 saturated heterocycles. The number of hydrogen-bond donors (Lipinski definition) is 6. The van der Waals surface area contributed by atoms with Crippen molar-refractivity contribution >= 4 is 34.1 Å². The van der Waals surface area contributed by atoms with Crippen LogP contribution in [0.5, 0.6) is 0 Å². The van der Waals surface area contributed by atoms with Gasteiger partial charge in [-0.05, 0) is 37.0 Å². The first-order chi connectivity index (χ1) is 22.2. The molecular formula is C24H39F7LiN3O14S. The SMILES string of the molecule is COC(=O)[C@@H]1C[C@H](CO)CN1.COC(=O)[C@@H]1C[C@H](COC(F)F)CN1.O=C(O)C(F)(F)S(=O)(=O)F.O=C(O)[C@@H]1C[C@H](COC(F)F)CN1.[Li+].[OH-]. The molecule has 0 radical (unpaired) electrons. The van der Waals surface area contributed by atoms with Gasteiger partial charge in [-0.2, -0.15) is 34.8 Å². The van der Waals surface area contributed by atoms with Gasteiger partial charge in [0.1, 0.15) is 18.1 Å². The Kier molecular flexibility index (Phi) is 26.6. The number of carbonyl (C=O) groups excluding carboxylic acids is 2. The van der Waals surface area contributed by atoms with Crippen LogP contribution in [0.15, 0.2) is 0 Å². The van der Waals surface area contributed by atoms with Crippen LogP contribution in [0.3, 0.4) is 0 Å². The Balaban J connectivity index is -0.000000586. The van der Waals surface area contributed by atoms with Crippen molar-refractivity contribution in [3.05, 3.63) is 0 Å². The van der Waals surface area contributed by atoms with Crippen LogP contribution >= 0.6 is 0 Å². The molecule has 3 fully saturated rings. The normalized spacial score (nSPS) is 24.2. The molecule has 3 aliphatic heterocycles. The fourth-order valence-electron chi connectivity index (χ4n) is 4.17. The summed E-state index contributed by atoms with van der Waals surface area (Å²) in [7, 11) is -3.66. The van der Waals surface area contributed by atoms with E-state index in [0.717, 1.165) is 0 Å². The van der Waals surface area contributed by atoms with Gasteiger partial charge in [0.05, 0.1) is 27.4 Å². The summed E-state index contributed by atoms with van der Waals surface area (Å²) in [6.07, 6.45) is 1.52. The number of halogens is 7. The average Bonchev–Trinajstić information content (AvgIpc) is 3.80. The zero-order valence-corrected chi connectivity index (χ0v) is 27.7. The van der Waals surface area contributed by atoms with E-state index >= 15 is 0 Å². The maximum atomic E-state index is 11.7. The van der Waals surface area contributed by atoms with Crippen LogP contribution in [0.4, 0.5) is 30.2 Å².